The molecular formula is C7H5Br2NO. The van der Waals surface area contributed by atoms with E-state index in [1.165, 1.54) is 0 Å². The fourth-order valence-electron chi connectivity index (χ4n) is 0.892. The highest BCUT2D eigenvalue weighted by atomic mass is 79.9. The van der Waals surface area contributed by atoms with Gasteiger partial charge >= 0.3 is 0 Å². The minimum atomic E-state index is 0.259. The lowest BCUT2D eigenvalue weighted by molar-refractivity contribution is 0.414. The Balaban J connectivity index is 2.42. The van der Waals surface area contributed by atoms with E-state index in [9.17, 15) is 0 Å². The number of hydrogen-bond donors (Lipinski definition) is 0. The maximum atomic E-state index is 5.14. The summed E-state index contributed by atoms with van der Waals surface area (Å²) in [6.07, 6.45) is 2.02. The second kappa shape index (κ2) is 2.84. The molecule has 2 nitrogen and oxygen atoms in total. The molecule has 0 radical (unpaired) electrons. The normalized spacial score (nSPS) is 21.8. The van der Waals surface area contributed by atoms with Crippen molar-refractivity contribution in [2.45, 2.75) is 6.10 Å². The van der Waals surface area contributed by atoms with Crippen LogP contribution in [-0.4, -0.2) is 11.6 Å². The molecule has 1 aromatic heterocycles. The summed E-state index contributed by atoms with van der Waals surface area (Å²) >= 11 is 6.71. The van der Waals surface area contributed by atoms with E-state index in [4.69, 9.17) is 4.74 Å². The van der Waals surface area contributed by atoms with E-state index in [0.29, 0.717) is 0 Å². The maximum absolute atomic E-state index is 5.14. The van der Waals surface area contributed by atoms with Crippen LogP contribution in [0.25, 0.3) is 0 Å². The van der Waals surface area contributed by atoms with Crippen LogP contribution in [0.1, 0.15) is 11.7 Å². The fraction of sp³-hybridized carbons (Fsp3) is 0.286. The van der Waals surface area contributed by atoms with Gasteiger partial charge in [-0.2, -0.15) is 0 Å². The molecule has 0 aromatic carbocycles. The van der Waals surface area contributed by atoms with Crippen molar-refractivity contribution in [3.63, 3.8) is 0 Å². The van der Waals surface area contributed by atoms with Crippen molar-refractivity contribution in [1.82, 2.24) is 4.98 Å². The molecule has 1 aliphatic heterocycles. The number of epoxide rings is 1. The predicted molar refractivity (Wildman–Crippen MR) is 48.3 cm³/mol. The van der Waals surface area contributed by atoms with Crippen molar-refractivity contribution in [3.05, 3.63) is 26.9 Å². The molecular weight excluding hydrogens is 274 g/mol. The van der Waals surface area contributed by atoms with Crippen molar-refractivity contribution >= 4 is 31.9 Å². The number of ether oxygens (including phenoxy) is 1. The lowest BCUT2D eigenvalue weighted by atomic mass is 10.2. The zero-order valence-electron chi connectivity index (χ0n) is 5.55. The van der Waals surface area contributed by atoms with Gasteiger partial charge in [-0.25, -0.2) is 4.98 Å². The molecule has 1 fully saturated rings. The zero-order valence-corrected chi connectivity index (χ0v) is 8.72. The number of hydrogen-bond acceptors (Lipinski definition) is 2. The standard InChI is InChI=1S/C7H5Br2NO/c8-4-1-5(6-3-11-6)7(9)10-2-4/h1-2,6H,3H2. The largest absolute Gasteiger partial charge is 0.368 e. The molecule has 0 saturated carbocycles. The Morgan fingerprint density at radius 2 is 2.27 bits per heavy atom. The SMILES string of the molecule is Brc1cnc(Br)c(C2CO2)c1. The van der Waals surface area contributed by atoms with Gasteiger partial charge in [-0.1, -0.05) is 0 Å². The second-order valence-corrected chi connectivity index (χ2v) is 4.02. The van der Waals surface area contributed by atoms with E-state index in [-0.39, 0.29) is 6.10 Å². The molecule has 1 atom stereocenters. The predicted octanol–water partition coefficient (Wildman–Crippen LogP) is 2.68. The Morgan fingerprint density at radius 1 is 1.55 bits per heavy atom. The van der Waals surface area contributed by atoms with Crippen molar-refractivity contribution < 1.29 is 4.74 Å². The van der Waals surface area contributed by atoms with Gasteiger partial charge in [0, 0.05) is 16.2 Å². The van der Waals surface area contributed by atoms with Gasteiger partial charge in [0.2, 0.25) is 0 Å². The molecule has 0 aliphatic carbocycles. The molecule has 1 unspecified atom stereocenters. The zero-order chi connectivity index (χ0) is 7.84. The molecule has 0 N–H and O–H groups in total. The Hall–Kier alpha value is 0.0700. The summed E-state index contributed by atoms with van der Waals surface area (Å²) in [5, 5.41) is 0. The van der Waals surface area contributed by atoms with Gasteiger partial charge in [0.05, 0.1) is 6.61 Å². The van der Waals surface area contributed by atoms with Gasteiger partial charge in [-0.15, -0.1) is 0 Å². The van der Waals surface area contributed by atoms with Crippen LogP contribution in [0.15, 0.2) is 21.3 Å². The summed E-state index contributed by atoms with van der Waals surface area (Å²) in [5.74, 6) is 0. The van der Waals surface area contributed by atoms with Crippen molar-refractivity contribution in [2.75, 3.05) is 6.61 Å². The first-order valence-electron chi connectivity index (χ1n) is 3.20. The van der Waals surface area contributed by atoms with Crippen LogP contribution in [0.5, 0.6) is 0 Å². The van der Waals surface area contributed by atoms with Crippen LogP contribution in [0.2, 0.25) is 0 Å². The Kier molecular flexibility index (Phi) is 1.99. The lowest BCUT2D eigenvalue weighted by Gasteiger charge is -1.98. The van der Waals surface area contributed by atoms with Gasteiger partial charge in [0.15, 0.2) is 0 Å². The highest BCUT2D eigenvalue weighted by Crippen LogP contribution is 2.34. The van der Waals surface area contributed by atoms with Crippen molar-refractivity contribution in [2.24, 2.45) is 0 Å². The van der Waals surface area contributed by atoms with Crippen molar-refractivity contribution in [1.29, 1.82) is 0 Å². The molecule has 0 spiro atoms. The topological polar surface area (TPSA) is 25.4 Å². The van der Waals surface area contributed by atoms with Gasteiger partial charge in [0.1, 0.15) is 10.7 Å². The molecule has 0 bridgehead atoms. The van der Waals surface area contributed by atoms with Gasteiger partial charge in [-0.3, -0.25) is 0 Å². The molecule has 0 amide bonds. The fourth-order valence-corrected chi connectivity index (χ4v) is 1.71. The van der Waals surface area contributed by atoms with Crippen LogP contribution >= 0.6 is 31.9 Å². The summed E-state index contributed by atoms with van der Waals surface area (Å²) in [4.78, 5) is 4.13. The summed E-state index contributed by atoms with van der Waals surface area (Å²) in [6, 6.07) is 2.02. The molecule has 58 valence electrons. The van der Waals surface area contributed by atoms with E-state index in [1.54, 1.807) is 6.20 Å². The van der Waals surface area contributed by atoms with Crippen LogP contribution in [0.3, 0.4) is 0 Å². The number of nitrogens with zero attached hydrogens (tertiary/aromatic N) is 1. The van der Waals surface area contributed by atoms with Crippen LogP contribution in [-0.2, 0) is 4.74 Å². The molecule has 1 aliphatic rings. The first kappa shape index (κ1) is 7.71. The number of aromatic nitrogens is 1. The first-order valence-corrected chi connectivity index (χ1v) is 4.78. The Bertz CT molecular complexity index is 286. The third-order valence-electron chi connectivity index (χ3n) is 1.51. The molecule has 4 heteroatoms. The van der Waals surface area contributed by atoms with E-state index in [2.05, 4.69) is 36.8 Å². The first-order chi connectivity index (χ1) is 5.27. The number of halogens is 2. The molecule has 1 aromatic rings. The van der Waals surface area contributed by atoms with Crippen LogP contribution < -0.4 is 0 Å². The summed E-state index contributed by atoms with van der Waals surface area (Å²) in [6.45, 7) is 0.816. The summed E-state index contributed by atoms with van der Waals surface area (Å²) < 4.78 is 7.01. The van der Waals surface area contributed by atoms with E-state index in [0.717, 1.165) is 21.2 Å². The minimum absolute atomic E-state index is 0.259. The monoisotopic (exact) mass is 277 g/mol. The summed E-state index contributed by atoms with van der Waals surface area (Å²) in [5.41, 5.74) is 1.12. The molecule has 1 saturated heterocycles. The average Bonchev–Trinajstić information content (AvgIpc) is 2.76. The minimum Gasteiger partial charge on any atom is -0.368 e. The molecule has 2 heterocycles. The molecule has 11 heavy (non-hydrogen) atoms. The Labute approximate surface area is 81.2 Å². The van der Waals surface area contributed by atoms with Crippen molar-refractivity contribution in [3.8, 4) is 0 Å². The van der Waals surface area contributed by atoms with E-state index in [1.807, 2.05) is 6.07 Å². The number of rotatable bonds is 1. The van der Waals surface area contributed by atoms with Gasteiger partial charge < -0.3 is 4.74 Å². The summed E-state index contributed by atoms with van der Waals surface area (Å²) in [7, 11) is 0. The van der Waals surface area contributed by atoms with E-state index < -0.39 is 0 Å². The van der Waals surface area contributed by atoms with Gasteiger partial charge in [-0.05, 0) is 37.9 Å². The Morgan fingerprint density at radius 3 is 2.91 bits per heavy atom. The third-order valence-corrected chi connectivity index (χ3v) is 2.61. The van der Waals surface area contributed by atoms with Gasteiger partial charge in [0.25, 0.3) is 0 Å². The lowest BCUT2D eigenvalue weighted by Crippen LogP contribution is -1.86. The molecule has 2 rings (SSSR count). The smallest absolute Gasteiger partial charge is 0.112 e. The third kappa shape index (κ3) is 1.63. The van der Waals surface area contributed by atoms with Crippen LogP contribution in [0.4, 0.5) is 0 Å². The highest BCUT2D eigenvalue weighted by molar-refractivity contribution is 9.11. The highest BCUT2D eigenvalue weighted by Gasteiger charge is 2.27. The second-order valence-electron chi connectivity index (χ2n) is 2.36. The number of pyridine rings is 1. The maximum Gasteiger partial charge on any atom is 0.112 e. The van der Waals surface area contributed by atoms with E-state index >= 15 is 0 Å². The van der Waals surface area contributed by atoms with Crippen LogP contribution in [0, 0.1) is 0 Å². The quantitative estimate of drug-likeness (QED) is 0.583. The average molecular weight is 279 g/mol.